The molecule has 1 heterocycles. The van der Waals surface area contributed by atoms with E-state index in [1.54, 1.807) is 6.20 Å². The Balaban J connectivity index is 1.94. The molecule has 0 aliphatic heterocycles. The van der Waals surface area contributed by atoms with Crippen LogP contribution in [-0.2, 0) is 0 Å². The molecule has 2 atom stereocenters. The van der Waals surface area contributed by atoms with Crippen LogP contribution in [-0.4, -0.2) is 22.7 Å². The smallest absolute Gasteiger partial charge is 0.128 e. The summed E-state index contributed by atoms with van der Waals surface area (Å²) in [6, 6.07) is 2.04. The molecule has 16 heavy (non-hydrogen) atoms. The lowest BCUT2D eigenvalue weighted by Crippen LogP contribution is -2.22. The zero-order valence-corrected chi connectivity index (χ0v) is 11.0. The summed E-state index contributed by atoms with van der Waals surface area (Å²) in [6.45, 7) is 2.85. The molecule has 1 aromatic rings. The Morgan fingerprint density at radius 1 is 1.56 bits per heavy atom. The summed E-state index contributed by atoms with van der Waals surface area (Å²) in [5.41, 5.74) is 1.13. The van der Waals surface area contributed by atoms with Crippen molar-refractivity contribution in [2.24, 2.45) is 5.92 Å². The molecule has 0 saturated heterocycles. The van der Waals surface area contributed by atoms with E-state index in [2.05, 4.69) is 26.2 Å². The first-order valence-corrected chi connectivity index (χ1v) is 6.50. The molecule has 1 aliphatic rings. The van der Waals surface area contributed by atoms with Crippen molar-refractivity contribution in [3.05, 3.63) is 22.3 Å². The molecule has 3 nitrogen and oxygen atoms in total. The number of nitrogens with zero attached hydrogens (tertiary/aromatic N) is 1. The normalized spacial score (nSPS) is 24.7. The second-order valence-corrected chi connectivity index (χ2v) is 5.37. The lowest BCUT2D eigenvalue weighted by atomic mass is 10.1. The molecule has 0 radical (unpaired) electrons. The third kappa shape index (κ3) is 2.74. The number of nitrogens with one attached hydrogen (secondary N) is 1. The van der Waals surface area contributed by atoms with Crippen LogP contribution in [0.15, 0.2) is 16.7 Å². The third-order valence-corrected chi connectivity index (χ3v) is 3.63. The molecule has 1 aromatic heterocycles. The van der Waals surface area contributed by atoms with E-state index in [1.165, 1.54) is 0 Å². The number of aliphatic hydroxyl groups excluding tert-OH is 1. The van der Waals surface area contributed by atoms with E-state index >= 15 is 0 Å². The number of rotatable bonds is 3. The topological polar surface area (TPSA) is 45.2 Å². The quantitative estimate of drug-likeness (QED) is 0.897. The van der Waals surface area contributed by atoms with Gasteiger partial charge in [-0.05, 0) is 47.3 Å². The van der Waals surface area contributed by atoms with E-state index in [1.807, 2.05) is 13.0 Å². The van der Waals surface area contributed by atoms with Gasteiger partial charge in [-0.25, -0.2) is 4.98 Å². The Morgan fingerprint density at radius 3 is 3.00 bits per heavy atom. The van der Waals surface area contributed by atoms with Gasteiger partial charge in [-0.3, -0.25) is 0 Å². The van der Waals surface area contributed by atoms with Crippen molar-refractivity contribution in [3.63, 3.8) is 0 Å². The van der Waals surface area contributed by atoms with Crippen molar-refractivity contribution >= 4 is 21.7 Å². The predicted molar refractivity (Wildman–Crippen MR) is 68.5 cm³/mol. The molecule has 88 valence electrons. The minimum absolute atomic E-state index is 0.136. The predicted octanol–water partition coefficient (Wildman–Crippen LogP) is 2.73. The molecule has 2 rings (SSSR count). The van der Waals surface area contributed by atoms with Crippen LogP contribution in [0.25, 0.3) is 0 Å². The van der Waals surface area contributed by atoms with Crippen molar-refractivity contribution in [3.8, 4) is 0 Å². The van der Waals surface area contributed by atoms with Gasteiger partial charge in [0.05, 0.1) is 6.10 Å². The largest absolute Gasteiger partial charge is 0.393 e. The lowest BCUT2D eigenvalue weighted by molar-refractivity contribution is 0.138. The highest BCUT2D eigenvalue weighted by atomic mass is 79.9. The average molecular weight is 285 g/mol. The summed E-state index contributed by atoms with van der Waals surface area (Å²) < 4.78 is 0.997. The molecule has 0 aromatic carbocycles. The minimum Gasteiger partial charge on any atom is -0.393 e. The molecular formula is C12H17BrN2O. The first kappa shape index (κ1) is 11.9. The molecule has 1 saturated carbocycles. The van der Waals surface area contributed by atoms with Crippen LogP contribution in [0, 0.1) is 12.8 Å². The summed E-state index contributed by atoms with van der Waals surface area (Å²) in [5.74, 6) is 1.30. The first-order chi connectivity index (χ1) is 7.66. The van der Waals surface area contributed by atoms with Gasteiger partial charge in [-0.2, -0.15) is 0 Å². The van der Waals surface area contributed by atoms with Crippen molar-refractivity contribution in [2.75, 3.05) is 11.9 Å². The second kappa shape index (κ2) is 5.15. The number of halogens is 1. The SMILES string of the molecule is Cc1cc(Br)cnc1NCC1CCCC1O. The van der Waals surface area contributed by atoms with E-state index < -0.39 is 0 Å². The zero-order chi connectivity index (χ0) is 11.5. The maximum absolute atomic E-state index is 9.71. The van der Waals surface area contributed by atoms with Crippen molar-refractivity contribution < 1.29 is 5.11 Å². The van der Waals surface area contributed by atoms with Crippen molar-refractivity contribution in [1.82, 2.24) is 4.98 Å². The van der Waals surface area contributed by atoms with Gasteiger partial charge in [0.2, 0.25) is 0 Å². The first-order valence-electron chi connectivity index (χ1n) is 5.71. The van der Waals surface area contributed by atoms with Gasteiger partial charge >= 0.3 is 0 Å². The molecule has 4 heteroatoms. The Labute approximate surface area is 104 Å². The van der Waals surface area contributed by atoms with Gasteiger partial charge in [-0.15, -0.1) is 0 Å². The number of hydrogen-bond donors (Lipinski definition) is 2. The fourth-order valence-corrected chi connectivity index (χ4v) is 2.65. The lowest BCUT2D eigenvalue weighted by Gasteiger charge is -2.16. The maximum Gasteiger partial charge on any atom is 0.128 e. The van der Waals surface area contributed by atoms with Crippen LogP contribution in [0.2, 0.25) is 0 Å². The summed E-state index contributed by atoms with van der Waals surface area (Å²) in [6.07, 6.45) is 4.85. The Hall–Kier alpha value is -0.610. The number of anilines is 1. The molecule has 1 aliphatic carbocycles. The highest BCUT2D eigenvalue weighted by molar-refractivity contribution is 9.10. The fourth-order valence-electron chi connectivity index (χ4n) is 2.21. The van der Waals surface area contributed by atoms with Gasteiger partial charge in [-0.1, -0.05) is 6.42 Å². The molecule has 2 N–H and O–H groups in total. The highest BCUT2D eigenvalue weighted by Gasteiger charge is 2.24. The summed E-state index contributed by atoms with van der Waals surface area (Å²) in [4.78, 5) is 4.32. The van der Waals surface area contributed by atoms with E-state index in [9.17, 15) is 5.11 Å². The average Bonchev–Trinajstić information content (AvgIpc) is 2.63. The Kier molecular flexibility index (Phi) is 3.82. The number of aliphatic hydroxyl groups is 1. The summed E-state index contributed by atoms with van der Waals surface area (Å²) in [5, 5.41) is 13.0. The zero-order valence-electron chi connectivity index (χ0n) is 9.41. The van der Waals surface area contributed by atoms with E-state index in [4.69, 9.17) is 0 Å². The molecule has 0 amide bonds. The van der Waals surface area contributed by atoms with Gasteiger partial charge in [0.15, 0.2) is 0 Å². The Bertz CT molecular complexity index is 370. The van der Waals surface area contributed by atoms with Crippen LogP contribution in [0.4, 0.5) is 5.82 Å². The van der Waals surface area contributed by atoms with E-state index in [-0.39, 0.29) is 6.10 Å². The van der Waals surface area contributed by atoms with E-state index in [0.717, 1.165) is 41.7 Å². The van der Waals surface area contributed by atoms with Crippen molar-refractivity contribution in [2.45, 2.75) is 32.3 Å². The van der Waals surface area contributed by atoms with Crippen LogP contribution in [0.5, 0.6) is 0 Å². The molecule has 2 unspecified atom stereocenters. The summed E-state index contributed by atoms with van der Waals surface area (Å²) in [7, 11) is 0. The van der Waals surface area contributed by atoms with Gasteiger partial charge in [0.25, 0.3) is 0 Å². The monoisotopic (exact) mass is 284 g/mol. The van der Waals surface area contributed by atoms with Gasteiger partial charge in [0, 0.05) is 23.1 Å². The molecule has 1 fully saturated rings. The van der Waals surface area contributed by atoms with Crippen LogP contribution in [0.3, 0.4) is 0 Å². The van der Waals surface area contributed by atoms with E-state index in [0.29, 0.717) is 5.92 Å². The van der Waals surface area contributed by atoms with Crippen LogP contribution in [0.1, 0.15) is 24.8 Å². The van der Waals surface area contributed by atoms with Crippen LogP contribution < -0.4 is 5.32 Å². The molecule has 0 spiro atoms. The number of pyridine rings is 1. The number of aromatic nitrogens is 1. The molecular weight excluding hydrogens is 268 g/mol. The van der Waals surface area contributed by atoms with Crippen LogP contribution >= 0.6 is 15.9 Å². The highest BCUT2D eigenvalue weighted by Crippen LogP contribution is 2.26. The van der Waals surface area contributed by atoms with Crippen molar-refractivity contribution in [1.29, 1.82) is 0 Å². The minimum atomic E-state index is -0.136. The Morgan fingerprint density at radius 2 is 2.38 bits per heavy atom. The third-order valence-electron chi connectivity index (χ3n) is 3.20. The maximum atomic E-state index is 9.71. The fraction of sp³-hybridized carbons (Fsp3) is 0.583. The second-order valence-electron chi connectivity index (χ2n) is 4.46. The molecule has 0 bridgehead atoms. The van der Waals surface area contributed by atoms with Gasteiger partial charge in [0.1, 0.15) is 5.82 Å². The van der Waals surface area contributed by atoms with Gasteiger partial charge < -0.3 is 10.4 Å². The summed E-state index contributed by atoms with van der Waals surface area (Å²) >= 11 is 3.39. The standard InChI is InChI=1S/C12H17BrN2O/c1-8-5-10(13)7-15-12(8)14-6-9-3-2-4-11(9)16/h5,7,9,11,16H,2-4,6H2,1H3,(H,14,15). The number of aryl methyl sites for hydroxylation is 1. The number of hydrogen-bond acceptors (Lipinski definition) is 3.